The molecule has 0 aromatic heterocycles. The zero-order valence-corrected chi connectivity index (χ0v) is 20.2. The molecule has 0 fully saturated rings. The molecule has 1 aliphatic heterocycles. The van der Waals surface area contributed by atoms with E-state index in [1.54, 1.807) is 11.0 Å². The highest BCUT2D eigenvalue weighted by atomic mass is 28.4. The van der Waals surface area contributed by atoms with Gasteiger partial charge in [-0.2, -0.15) is 0 Å². The van der Waals surface area contributed by atoms with E-state index < -0.39 is 26.1 Å². The largest absolute Gasteiger partial charge is 0.443 e. The lowest BCUT2D eigenvalue weighted by Crippen LogP contribution is -2.51. The molecule has 0 unspecified atom stereocenters. The third-order valence-electron chi connectivity index (χ3n) is 5.59. The average Bonchev–Trinajstić information content (AvgIpc) is 2.57. The van der Waals surface area contributed by atoms with Crippen LogP contribution in [0.3, 0.4) is 0 Å². The molecule has 0 aliphatic carbocycles. The predicted molar refractivity (Wildman–Crippen MR) is 120 cm³/mol. The van der Waals surface area contributed by atoms with Gasteiger partial charge in [0.15, 0.2) is 8.32 Å². The average molecular weight is 420 g/mol. The first kappa shape index (κ1) is 23.6. The van der Waals surface area contributed by atoms with Gasteiger partial charge in [0.25, 0.3) is 0 Å². The minimum atomic E-state index is -2.00. The van der Waals surface area contributed by atoms with Crippen molar-refractivity contribution < 1.29 is 19.1 Å². The number of hydrogen-bond acceptors (Lipinski definition) is 4. The van der Waals surface area contributed by atoms with Crippen molar-refractivity contribution in [3.8, 4) is 0 Å². The second-order valence-corrected chi connectivity index (χ2v) is 15.1. The molecule has 1 aliphatic rings. The van der Waals surface area contributed by atoms with Gasteiger partial charge < -0.3 is 14.3 Å². The van der Waals surface area contributed by atoms with Crippen LogP contribution in [0.1, 0.15) is 53.5 Å². The SMILES string of the molecule is CC(C)(C)OC(=O)N1C(c2ccccc2)=C[C@@H](O)C[C@@H]1CO[Si](C)(C)C(C)(C)C. The van der Waals surface area contributed by atoms with Crippen molar-refractivity contribution in [2.24, 2.45) is 0 Å². The summed E-state index contributed by atoms with van der Waals surface area (Å²) in [6, 6.07) is 9.35. The lowest BCUT2D eigenvalue weighted by atomic mass is 9.98. The third-order valence-corrected chi connectivity index (χ3v) is 10.1. The van der Waals surface area contributed by atoms with Crippen LogP contribution < -0.4 is 0 Å². The van der Waals surface area contributed by atoms with E-state index in [1.807, 2.05) is 51.1 Å². The van der Waals surface area contributed by atoms with Crippen LogP contribution in [-0.4, -0.2) is 48.8 Å². The lowest BCUT2D eigenvalue weighted by Gasteiger charge is -2.42. The molecule has 162 valence electrons. The molecule has 29 heavy (non-hydrogen) atoms. The first-order valence-corrected chi connectivity index (χ1v) is 13.2. The second kappa shape index (κ2) is 8.62. The standard InChI is InChI=1S/C23H37NO4Si/c1-22(2,3)28-21(26)24-18(16-27-29(7,8)23(4,5)6)14-19(25)15-20(24)17-12-10-9-11-13-17/h9-13,15,18-19,25H,14,16H2,1-8H3/t18-,19+/m1/s1. The maximum Gasteiger partial charge on any atom is 0.415 e. The van der Waals surface area contributed by atoms with Crippen molar-refractivity contribution in [1.29, 1.82) is 0 Å². The first-order chi connectivity index (χ1) is 13.2. The van der Waals surface area contributed by atoms with Gasteiger partial charge in [0.1, 0.15) is 5.60 Å². The smallest absolute Gasteiger partial charge is 0.415 e. The number of rotatable bonds is 4. The monoisotopic (exact) mass is 419 g/mol. The number of carbonyl (C=O) groups is 1. The summed E-state index contributed by atoms with van der Waals surface area (Å²) < 4.78 is 12.1. The molecule has 1 aromatic carbocycles. The Morgan fingerprint density at radius 1 is 1.14 bits per heavy atom. The molecule has 1 amide bonds. The molecule has 1 aromatic rings. The molecule has 0 radical (unpaired) electrons. The van der Waals surface area contributed by atoms with E-state index in [9.17, 15) is 9.90 Å². The molecule has 0 saturated carbocycles. The van der Waals surface area contributed by atoms with E-state index in [2.05, 4.69) is 33.9 Å². The van der Waals surface area contributed by atoms with Crippen LogP contribution in [0.15, 0.2) is 36.4 Å². The van der Waals surface area contributed by atoms with Crippen LogP contribution in [0, 0.1) is 0 Å². The van der Waals surface area contributed by atoms with Gasteiger partial charge in [-0.05, 0) is 50.5 Å². The van der Waals surface area contributed by atoms with Gasteiger partial charge >= 0.3 is 6.09 Å². The Morgan fingerprint density at radius 3 is 2.24 bits per heavy atom. The number of ether oxygens (including phenoxy) is 1. The molecular formula is C23H37NO4Si. The van der Waals surface area contributed by atoms with Gasteiger partial charge in [-0.15, -0.1) is 0 Å². The normalized spacial score (nSPS) is 21.0. The van der Waals surface area contributed by atoms with E-state index in [0.717, 1.165) is 5.56 Å². The van der Waals surface area contributed by atoms with E-state index in [4.69, 9.17) is 9.16 Å². The second-order valence-electron chi connectivity index (χ2n) is 10.3. The van der Waals surface area contributed by atoms with Crippen molar-refractivity contribution in [3.63, 3.8) is 0 Å². The minimum Gasteiger partial charge on any atom is -0.443 e. The number of aliphatic hydroxyl groups is 1. The van der Waals surface area contributed by atoms with Gasteiger partial charge in [-0.1, -0.05) is 51.1 Å². The molecule has 2 rings (SSSR count). The summed E-state index contributed by atoms with van der Waals surface area (Å²) in [5, 5.41) is 10.6. The maximum absolute atomic E-state index is 13.2. The molecule has 0 saturated heterocycles. The Kier molecular flexibility index (Phi) is 7.03. The van der Waals surface area contributed by atoms with Crippen molar-refractivity contribution in [1.82, 2.24) is 4.90 Å². The Hall–Kier alpha value is -1.63. The van der Waals surface area contributed by atoms with Crippen LogP contribution in [0.25, 0.3) is 5.70 Å². The minimum absolute atomic E-state index is 0.0646. The Balaban J connectivity index is 2.38. The number of aliphatic hydroxyl groups excluding tert-OH is 1. The Morgan fingerprint density at radius 2 is 1.72 bits per heavy atom. The van der Waals surface area contributed by atoms with Crippen molar-refractivity contribution >= 4 is 20.1 Å². The molecule has 0 bridgehead atoms. The van der Waals surface area contributed by atoms with E-state index in [0.29, 0.717) is 18.7 Å². The van der Waals surface area contributed by atoms with Crippen LogP contribution in [0.5, 0.6) is 0 Å². The molecule has 5 nitrogen and oxygen atoms in total. The molecule has 6 heteroatoms. The summed E-state index contributed by atoms with van der Waals surface area (Å²) in [6.07, 6.45) is 1.10. The third kappa shape index (κ3) is 6.17. The molecule has 1 N–H and O–H groups in total. The summed E-state index contributed by atoms with van der Waals surface area (Å²) in [5.41, 5.74) is 0.927. The summed E-state index contributed by atoms with van der Waals surface area (Å²) >= 11 is 0. The zero-order chi connectivity index (χ0) is 22.0. The van der Waals surface area contributed by atoms with Crippen molar-refractivity contribution in [2.75, 3.05) is 6.61 Å². The summed E-state index contributed by atoms with van der Waals surface area (Å²) in [7, 11) is -2.00. The van der Waals surface area contributed by atoms with Gasteiger partial charge in [0.05, 0.1) is 24.4 Å². The summed E-state index contributed by atoms with van der Waals surface area (Å²) in [6.45, 7) is 16.9. The fourth-order valence-electron chi connectivity index (χ4n) is 2.98. The first-order valence-electron chi connectivity index (χ1n) is 10.3. The topological polar surface area (TPSA) is 59.0 Å². The van der Waals surface area contributed by atoms with Crippen molar-refractivity contribution in [3.05, 3.63) is 42.0 Å². The van der Waals surface area contributed by atoms with E-state index in [-0.39, 0.29) is 11.1 Å². The highest BCUT2D eigenvalue weighted by Gasteiger charge is 2.41. The predicted octanol–water partition coefficient (Wildman–Crippen LogP) is 5.42. The van der Waals surface area contributed by atoms with Crippen LogP contribution in [-0.2, 0) is 9.16 Å². The molecule has 0 spiro atoms. The maximum atomic E-state index is 13.2. The number of carbonyl (C=O) groups excluding carboxylic acids is 1. The van der Waals surface area contributed by atoms with Gasteiger partial charge in [0.2, 0.25) is 0 Å². The lowest BCUT2D eigenvalue weighted by molar-refractivity contribution is 0.0173. The fraction of sp³-hybridized carbons (Fsp3) is 0.609. The number of nitrogens with zero attached hydrogens (tertiary/aromatic N) is 1. The van der Waals surface area contributed by atoms with Gasteiger partial charge in [0, 0.05) is 6.42 Å². The molecular weight excluding hydrogens is 382 g/mol. The summed E-state index contributed by atoms with van der Waals surface area (Å²) in [4.78, 5) is 14.8. The Bertz CT molecular complexity index is 731. The molecule has 1 heterocycles. The van der Waals surface area contributed by atoms with E-state index >= 15 is 0 Å². The van der Waals surface area contributed by atoms with E-state index in [1.165, 1.54) is 0 Å². The molecule has 2 atom stereocenters. The fourth-order valence-corrected chi connectivity index (χ4v) is 4.02. The number of benzene rings is 1. The van der Waals surface area contributed by atoms with Gasteiger partial charge in [-0.25, -0.2) is 4.79 Å². The Labute approximate surface area is 176 Å². The van der Waals surface area contributed by atoms with Crippen LogP contribution in [0.2, 0.25) is 18.1 Å². The highest BCUT2D eigenvalue weighted by Crippen LogP contribution is 2.38. The quantitative estimate of drug-likeness (QED) is 0.662. The summed E-state index contributed by atoms with van der Waals surface area (Å²) in [5.74, 6) is 0. The van der Waals surface area contributed by atoms with Crippen LogP contribution >= 0.6 is 0 Å². The zero-order valence-electron chi connectivity index (χ0n) is 19.2. The van der Waals surface area contributed by atoms with Crippen LogP contribution in [0.4, 0.5) is 4.79 Å². The number of hydrogen-bond donors (Lipinski definition) is 1. The van der Waals surface area contributed by atoms with Gasteiger partial charge in [-0.3, -0.25) is 4.90 Å². The van der Waals surface area contributed by atoms with Crippen molar-refractivity contribution in [2.45, 2.75) is 83.8 Å². The highest BCUT2D eigenvalue weighted by molar-refractivity contribution is 6.74. The number of amides is 1.